The number of benzene rings is 1. The zero-order chi connectivity index (χ0) is 11.8. The van der Waals surface area contributed by atoms with Gasteiger partial charge in [0.25, 0.3) is 0 Å². The standard InChI is InChI=1S/C11H13FN2O2/c1-7-4-8(2-3-9(7)12)11(5-13)6-14-10(15)16-11/h2-4H,5-6,13H2,1H3,(H,14,15). The molecule has 0 bridgehead atoms. The molecule has 0 aliphatic carbocycles. The molecule has 2 rings (SSSR count). The quantitative estimate of drug-likeness (QED) is 0.788. The molecule has 3 N–H and O–H groups in total. The number of hydrogen-bond donors (Lipinski definition) is 2. The third-order valence-corrected chi connectivity index (χ3v) is 2.82. The molecular weight excluding hydrogens is 211 g/mol. The van der Waals surface area contributed by atoms with Crippen LogP contribution in [-0.4, -0.2) is 19.2 Å². The summed E-state index contributed by atoms with van der Waals surface area (Å²) in [5.74, 6) is -0.284. The molecule has 4 nitrogen and oxygen atoms in total. The van der Waals surface area contributed by atoms with Crippen LogP contribution >= 0.6 is 0 Å². The predicted octanol–water partition coefficient (Wildman–Crippen LogP) is 1.03. The summed E-state index contributed by atoms with van der Waals surface area (Å²) in [6.07, 6.45) is -0.493. The Labute approximate surface area is 92.6 Å². The van der Waals surface area contributed by atoms with Crippen LogP contribution in [0.15, 0.2) is 18.2 Å². The van der Waals surface area contributed by atoms with Gasteiger partial charge in [-0.2, -0.15) is 0 Å². The van der Waals surface area contributed by atoms with Crippen molar-refractivity contribution in [1.82, 2.24) is 5.32 Å². The van der Waals surface area contributed by atoms with Crippen LogP contribution in [0.1, 0.15) is 11.1 Å². The highest BCUT2D eigenvalue weighted by atomic mass is 19.1. The first-order chi connectivity index (χ1) is 7.57. The van der Waals surface area contributed by atoms with E-state index in [1.54, 1.807) is 19.1 Å². The number of nitrogens with one attached hydrogen (secondary N) is 1. The van der Waals surface area contributed by atoms with Gasteiger partial charge < -0.3 is 15.8 Å². The van der Waals surface area contributed by atoms with E-state index in [2.05, 4.69) is 5.32 Å². The second-order valence-corrected chi connectivity index (χ2v) is 3.91. The van der Waals surface area contributed by atoms with Gasteiger partial charge in [0.1, 0.15) is 5.82 Å². The van der Waals surface area contributed by atoms with Gasteiger partial charge in [-0.3, -0.25) is 0 Å². The fraction of sp³-hybridized carbons (Fsp3) is 0.364. The van der Waals surface area contributed by atoms with Crippen molar-refractivity contribution in [1.29, 1.82) is 0 Å². The minimum Gasteiger partial charge on any atom is -0.435 e. The van der Waals surface area contributed by atoms with Crippen LogP contribution in [0.3, 0.4) is 0 Å². The molecule has 0 radical (unpaired) electrons. The molecular formula is C11H13FN2O2. The minimum atomic E-state index is -0.866. The van der Waals surface area contributed by atoms with Gasteiger partial charge in [0.05, 0.1) is 6.54 Å². The molecule has 1 aromatic carbocycles. The number of carbonyl (C=O) groups is 1. The van der Waals surface area contributed by atoms with Gasteiger partial charge in [-0.05, 0) is 30.2 Å². The van der Waals surface area contributed by atoms with Crippen molar-refractivity contribution >= 4 is 6.09 Å². The summed E-state index contributed by atoms with van der Waals surface area (Å²) in [4.78, 5) is 11.1. The first-order valence-corrected chi connectivity index (χ1v) is 5.01. The van der Waals surface area contributed by atoms with Gasteiger partial charge in [-0.25, -0.2) is 9.18 Å². The van der Waals surface area contributed by atoms with Crippen LogP contribution in [0.5, 0.6) is 0 Å². The number of rotatable bonds is 2. The molecule has 1 fully saturated rings. The summed E-state index contributed by atoms with van der Waals surface area (Å²) in [6, 6.07) is 4.60. The van der Waals surface area contributed by atoms with Crippen molar-refractivity contribution < 1.29 is 13.9 Å². The Morgan fingerprint density at radius 1 is 1.62 bits per heavy atom. The maximum Gasteiger partial charge on any atom is 0.408 e. The van der Waals surface area contributed by atoms with Crippen molar-refractivity contribution in [3.8, 4) is 0 Å². The smallest absolute Gasteiger partial charge is 0.408 e. The number of nitrogens with two attached hydrogens (primary N) is 1. The highest BCUT2D eigenvalue weighted by Crippen LogP contribution is 2.29. The summed E-state index contributed by atoms with van der Waals surface area (Å²) in [7, 11) is 0. The summed E-state index contributed by atoms with van der Waals surface area (Å²) in [5, 5.41) is 2.56. The first kappa shape index (κ1) is 10.9. The third-order valence-electron chi connectivity index (χ3n) is 2.82. The maximum atomic E-state index is 13.1. The molecule has 1 heterocycles. The number of aryl methyl sites for hydroxylation is 1. The Morgan fingerprint density at radius 3 is 2.88 bits per heavy atom. The van der Waals surface area contributed by atoms with Gasteiger partial charge in [-0.15, -0.1) is 0 Å². The summed E-state index contributed by atoms with van der Waals surface area (Å²) < 4.78 is 18.3. The number of cyclic esters (lactones) is 1. The first-order valence-electron chi connectivity index (χ1n) is 5.01. The van der Waals surface area contributed by atoms with E-state index in [-0.39, 0.29) is 12.4 Å². The summed E-state index contributed by atoms with van der Waals surface area (Å²) in [6.45, 7) is 2.14. The summed E-state index contributed by atoms with van der Waals surface area (Å²) >= 11 is 0. The van der Waals surface area contributed by atoms with E-state index in [9.17, 15) is 9.18 Å². The molecule has 1 amide bonds. The van der Waals surface area contributed by atoms with Crippen molar-refractivity contribution in [2.24, 2.45) is 5.73 Å². The number of ether oxygens (including phenoxy) is 1. The Bertz CT molecular complexity index is 436. The van der Waals surface area contributed by atoms with Crippen LogP contribution in [-0.2, 0) is 10.3 Å². The molecule has 0 saturated carbocycles. The largest absolute Gasteiger partial charge is 0.435 e. The molecule has 0 aromatic heterocycles. The average Bonchev–Trinajstić information content (AvgIpc) is 2.65. The highest BCUT2D eigenvalue weighted by Gasteiger charge is 2.41. The van der Waals surface area contributed by atoms with Gasteiger partial charge in [-0.1, -0.05) is 6.07 Å². The fourth-order valence-electron chi connectivity index (χ4n) is 1.79. The predicted molar refractivity (Wildman–Crippen MR) is 56.4 cm³/mol. The Kier molecular flexibility index (Phi) is 2.55. The minimum absolute atomic E-state index is 0.164. The topological polar surface area (TPSA) is 64.3 Å². The molecule has 1 saturated heterocycles. The van der Waals surface area contributed by atoms with Crippen molar-refractivity contribution in [3.05, 3.63) is 35.1 Å². The van der Waals surface area contributed by atoms with Crippen molar-refractivity contribution in [3.63, 3.8) is 0 Å². The average molecular weight is 224 g/mol. The lowest BCUT2D eigenvalue weighted by molar-refractivity contribution is 0.0616. The second-order valence-electron chi connectivity index (χ2n) is 3.91. The van der Waals surface area contributed by atoms with E-state index in [1.165, 1.54) is 6.07 Å². The van der Waals surface area contributed by atoms with Gasteiger partial charge >= 0.3 is 6.09 Å². The molecule has 86 valence electrons. The van der Waals surface area contributed by atoms with E-state index in [1.807, 2.05) is 0 Å². The monoisotopic (exact) mass is 224 g/mol. The number of halogens is 1. The van der Waals surface area contributed by atoms with Crippen LogP contribution in [0.2, 0.25) is 0 Å². The molecule has 1 aromatic rings. The van der Waals surface area contributed by atoms with Gasteiger partial charge in [0, 0.05) is 6.54 Å². The van der Waals surface area contributed by atoms with Crippen molar-refractivity contribution in [2.45, 2.75) is 12.5 Å². The van der Waals surface area contributed by atoms with Crippen LogP contribution in [0.25, 0.3) is 0 Å². The Balaban J connectivity index is 2.41. The van der Waals surface area contributed by atoms with Gasteiger partial charge in [0.2, 0.25) is 0 Å². The van der Waals surface area contributed by atoms with Crippen molar-refractivity contribution in [2.75, 3.05) is 13.1 Å². The number of hydrogen-bond acceptors (Lipinski definition) is 3. The Morgan fingerprint density at radius 2 is 2.38 bits per heavy atom. The molecule has 5 heteroatoms. The van der Waals surface area contributed by atoms with E-state index in [0.29, 0.717) is 17.7 Å². The number of carbonyl (C=O) groups excluding carboxylic acids is 1. The third kappa shape index (κ3) is 1.63. The zero-order valence-electron chi connectivity index (χ0n) is 8.92. The molecule has 16 heavy (non-hydrogen) atoms. The lowest BCUT2D eigenvalue weighted by atomic mass is 9.93. The lowest BCUT2D eigenvalue weighted by Crippen LogP contribution is -2.38. The number of amides is 1. The SMILES string of the molecule is Cc1cc(C2(CN)CNC(=O)O2)ccc1F. The number of alkyl carbamates (subject to hydrolysis) is 1. The fourth-order valence-corrected chi connectivity index (χ4v) is 1.79. The maximum absolute atomic E-state index is 13.1. The molecule has 1 atom stereocenters. The van der Waals surface area contributed by atoms with Crippen LogP contribution < -0.4 is 11.1 Å². The highest BCUT2D eigenvalue weighted by molar-refractivity contribution is 5.70. The van der Waals surface area contributed by atoms with E-state index in [4.69, 9.17) is 10.5 Å². The lowest BCUT2D eigenvalue weighted by Gasteiger charge is -2.25. The zero-order valence-corrected chi connectivity index (χ0v) is 8.92. The van der Waals surface area contributed by atoms with E-state index >= 15 is 0 Å². The summed E-state index contributed by atoms with van der Waals surface area (Å²) in [5.41, 5.74) is 6.00. The van der Waals surface area contributed by atoms with E-state index in [0.717, 1.165) is 0 Å². The van der Waals surface area contributed by atoms with E-state index < -0.39 is 11.7 Å². The molecule has 0 spiro atoms. The van der Waals surface area contributed by atoms with Crippen LogP contribution in [0, 0.1) is 12.7 Å². The van der Waals surface area contributed by atoms with Gasteiger partial charge in [0.15, 0.2) is 5.60 Å². The Hall–Kier alpha value is -1.62. The molecule has 1 aliphatic rings. The van der Waals surface area contributed by atoms with Crippen LogP contribution in [0.4, 0.5) is 9.18 Å². The molecule has 1 unspecified atom stereocenters. The molecule has 1 aliphatic heterocycles. The second kappa shape index (κ2) is 3.75. The normalized spacial score (nSPS) is 24.1.